The zero-order valence-electron chi connectivity index (χ0n) is 37.9. The lowest BCUT2D eigenvalue weighted by molar-refractivity contribution is 1.07. The fourth-order valence-electron chi connectivity index (χ4n) is 10.4. The fraction of sp³-hybridized carbons (Fsp3) is 0. The van der Waals surface area contributed by atoms with Crippen LogP contribution in [-0.2, 0) is 0 Å². The predicted molar refractivity (Wildman–Crippen MR) is 287 cm³/mol. The van der Waals surface area contributed by atoms with Crippen molar-refractivity contribution < 1.29 is 0 Å². The van der Waals surface area contributed by atoms with Gasteiger partial charge >= 0.3 is 0 Å². The molecule has 13 rings (SSSR count). The molecule has 0 spiro atoms. The van der Waals surface area contributed by atoms with E-state index >= 15 is 0 Å². The highest BCUT2D eigenvalue weighted by atomic mass is 15.0. The Morgan fingerprint density at radius 3 is 1.49 bits per heavy atom. The Bertz CT molecular complexity index is 4070. The van der Waals surface area contributed by atoms with Crippen LogP contribution in [0.4, 0.5) is 0 Å². The lowest BCUT2D eigenvalue weighted by Crippen LogP contribution is -2.01. The average molecular weight is 889 g/mol. The summed E-state index contributed by atoms with van der Waals surface area (Å²) >= 11 is 0. The third kappa shape index (κ3) is 7.04. The van der Waals surface area contributed by atoms with Crippen LogP contribution in [0.15, 0.2) is 243 Å². The van der Waals surface area contributed by atoms with Gasteiger partial charge in [0.25, 0.3) is 0 Å². The number of hydrogen-bond acceptors (Lipinski definition) is 4. The number of benzene rings is 11. The van der Waals surface area contributed by atoms with E-state index in [2.05, 4.69) is 200 Å². The molecule has 4 heteroatoms. The van der Waals surface area contributed by atoms with Gasteiger partial charge < -0.3 is 0 Å². The molecule has 0 saturated carbocycles. The Kier molecular flexibility index (Phi) is 9.85. The van der Waals surface area contributed by atoms with Crippen LogP contribution < -0.4 is 0 Å². The minimum Gasteiger partial charge on any atom is -0.208 e. The second-order valence-electron chi connectivity index (χ2n) is 17.8. The highest BCUT2D eigenvalue weighted by Gasteiger charge is 2.25. The van der Waals surface area contributed by atoms with Crippen LogP contribution in [0.3, 0.4) is 0 Å². The van der Waals surface area contributed by atoms with Gasteiger partial charge in [-0.1, -0.05) is 218 Å². The number of nitriles is 1. The molecule has 0 unspecified atom stereocenters. The highest BCUT2D eigenvalue weighted by molar-refractivity contribution is 6.18. The molecule has 0 amide bonds. The Hall–Kier alpha value is -9.56. The van der Waals surface area contributed by atoms with Crippen LogP contribution in [0, 0.1) is 11.3 Å². The standard InChI is InChI=1S/C66H40N4/c67-41-53-24-12-27-55(50-21-8-22-51(39-50)56-28-13-30-58-57-29-10-18-44-19-11-31-60(62(44)57)63(56)58)61(53)52-23-9-20-49(40-52)54-25-6-7-26-59(54)66-69-64(45-15-2-1-3-16-45)68-65(70-66)46-35-32-43(33-36-46)48-37-34-42-14-4-5-17-47(42)38-48/h1-40H. The third-order valence-electron chi connectivity index (χ3n) is 13.7. The summed E-state index contributed by atoms with van der Waals surface area (Å²) in [6.07, 6.45) is 0. The number of aromatic nitrogens is 3. The number of fused-ring (bicyclic) bond motifs is 4. The Morgan fingerprint density at radius 2 is 0.729 bits per heavy atom. The molecular weight excluding hydrogens is 849 g/mol. The molecule has 11 aromatic carbocycles. The van der Waals surface area contributed by atoms with Crippen LogP contribution in [0.1, 0.15) is 5.56 Å². The molecule has 324 valence electrons. The van der Waals surface area contributed by atoms with Crippen molar-refractivity contribution >= 4 is 21.5 Å². The summed E-state index contributed by atoms with van der Waals surface area (Å²) in [6.45, 7) is 0. The predicted octanol–water partition coefficient (Wildman–Crippen LogP) is 17.0. The molecule has 0 fully saturated rings. The van der Waals surface area contributed by atoms with Gasteiger partial charge in [0.2, 0.25) is 0 Å². The number of rotatable bonds is 8. The van der Waals surface area contributed by atoms with Crippen molar-refractivity contribution in [1.29, 1.82) is 5.26 Å². The van der Waals surface area contributed by atoms with Crippen LogP contribution in [0.2, 0.25) is 0 Å². The first kappa shape index (κ1) is 40.7. The molecule has 0 bridgehead atoms. The SMILES string of the molecule is N#Cc1cccc(-c2cccc(-c3cccc4c3-c3cccc5cccc-4c35)c2)c1-c1cccc(-c2ccccc2-c2nc(-c3ccccc3)nc(-c3ccc(-c4ccc5ccccc5c4)cc3)n2)c1. The zero-order chi connectivity index (χ0) is 46.5. The molecule has 0 radical (unpaired) electrons. The summed E-state index contributed by atoms with van der Waals surface area (Å²) in [7, 11) is 0. The summed E-state index contributed by atoms with van der Waals surface area (Å²) in [6, 6.07) is 87.5. The van der Waals surface area contributed by atoms with Gasteiger partial charge in [-0.3, -0.25) is 0 Å². The Morgan fingerprint density at radius 1 is 0.257 bits per heavy atom. The van der Waals surface area contributed by atoms with Crippen LogP contribution in [0.25, 0.3) is 134 Å². The molecular formula is C66H40N4. The van der Waals surface area contributed by atoms with Gasteiger partial charge in [-0.05, 0) is 118 Å². The maximum Gasteiger partial charge on any atom is 0.164 e. The van der Waals surface area contributed by atoms with Gasteiger partial charge in [0, 0.05) is 22.3 Å². The summed E-state index contributed by atoms with van der Waals surface area (Å²) in [4.78, 5) is 15.4. The van der Waals surface area contributed by atoms with E-state index < -0.39 is 0 Å². The van der Waals surface area contributed by atoms with Crippen molar-refractivity contribution in [1.82, 2.24) is 15.0 Å². The van der Waals surface area contributed by atoms with Crippen molar-refractivity contribution in [3.8, 4) is 118 Å². The first-order valence-corrected chi connectivity index (χ1v) is 23.6. The molecule has 1 heterocycles. The van der Waals surface area contributed by atoms with Crippen LogP contribution in [0.5, 0.6) is 0 Å². The Balaban J connectivity index is 0.893. The van der Waals surface area contributed by atoms with E-state index in [9.17, 15) is 5.26 Å². The summed E-state index contributed by atoms with van der Waals surface area (Å²) < 4.78 is 0. The number of nitrogens with zero attached hydrogens (tertiary/aromatic N) is 4. The second kappa shape index (κ2) is 16.9. The van der Waals surface area contributed by atoms with E-state index in [0.29, 0.717) is 23.0 Å². The van der Waals surface area contributed by atoms with Crippen molar-refractivity contribution in [3.63, 3.8) is 0 Å². The molecule has 0 N–H and O–H groups in total. The third-order valence-corrected chi connectivity index (χ3v) is 13.7. The number of hydrogen-bond donors (Lipinski definition) is 0. The molecule has 1 aromatic heterocycles. The van der Waals surface area contributed by atoms with Gasteiger partial charge in [0.05, 0.1) is 11.6 Å². The molecule has 1 aliphatic carbocycles. The van der Waals surface area contributed by atoms with Crippen molar-refractivity contribution in [2.45, 2.75) is 0 Å². The van der Waals surface area contributed by atoms with E-state index in [1.54, 1.807) is 0 Å². The van der Waals surface area contributed by atoms with E-state index in [1.807, 2.05) is 48.5 Å². The van der Waals surface area contributed by atoms with E-state index in [1.165, 1.54) is 49.4 Å². The fourth-order valence-corrected chi connectivity index (χ4v) is 10.4. The quantitative estimate of drug-likeness (QED) is 0.152. The summed E-state index contributed by atoms with van der Waals surface area (Å²) in [5.41, 5.74) is 18.8. The minimum atomic E-state index is 0.574. The maximum absolute atomic E-state index is 10.7. The van der Waals surface area contributed by atoms with Gasteiger partial charge in [-0.15, -0.1) is 0 Å². The second-order valence-corrected chi connectivity index (χ2v) is 17.8. The summed E-state index contributed by atoms with van der Waals surface area (Å²) in [5.74, 6) is 1.76. The topological polar surface area (TPSA) is 62.5 Å². The lowest BCUT2D eigenvalue weighted by atomic mass is 9.87. The van der Waals surface area contributed by atoms with Gasteiger partial charge in [-0.25, -0.2) is 15.0 Å². The summed E-state index contributed by atoms with van der Waals surface area (Å²) in [5, 5.41) is 15.7. The molecule has 1 aliphatic rings. The lowest BCUT2D eigenvalue weighted by Gasteiger charge is -2.16. The van der Waals surface area contributed by atoms with Gasteiger partial charge in [-0.2, -0.15) is 5.26 Å². The largest absolute Gasteiger partial charge is 0.208 e. The van der Waals surface area contributed by atoms with Gasteiger partial charge in [0.15, 0.2) is 17.5 Å². The molecule has 70 heavy (non-hydrogen) atoms. The smallest absolute Gasteiger partial charge is 0.164 e. The molecule has 0 saturated heterocycles. The first-order valence-electron chi connectivity index (χ1n) is 23.6. The van der Waals surface area contributed by atoms with Crippen molar-refractivity contribution in [2.75, 3.05) is 0 Å². The van der Waals surface area contributed by atoms with Crippen LogP contribution in [-0.4, -0.2) is 15.0 Å². The average Bonchev–Trinajstić information content (AvgIpc) is 3.77. The monoisotopic (exact) mass is 888 g/mol. The van der Waals surface area contributed by atoms with E-state index in [0.717, 1.165) is 66.8 Å². The molecule has 12 aromatic rings. The molecule has 0 atom stereocenters. The minimum absolute atomic E-state index is 0.574. The molecule has 0 aliphatic heterocycles. The van der Waals surface area contributed by atoms with Crippen molar-refractivity contribution in [2.24, 2.45) is 0 Å². The molecule has 4 nitrogen and oxygen atoms in total. The normalized spacial score (nSPS) is 11.4. The van der Waals surface area contributed by atoms with E-state index in [4.69, 9.17) is 15.0 Å². The Labute approximate surface area is 406 Å². The van der Waals surface area contributed by atoms with Gasteiger partial charge in [0.1, 0.15) is 0 Å². The first-order chi connectivity index (χ1) is 34.6. The van der Waals surface area contributed by atoms with Crippen molar-refractivity contribution in [3.05, 3.63) is 248 Å². The zero-order valence-corrected chi connectivity index (χ0v) is 37.9. The van der Waals surface area contributed by atoms with E-state index in [-0.39, 0.29) is 0 Å². The van der Waals surface area contributed by atoms with Crippen LogP contribution >= 0.6 is 0 Å². The maximum atomic E-state index is 10.7. The highest BCUT2D eigenvalue weighted by Crippen LogP contribution is 2.51.